The molecule has 0 aliphatic carbocycles. The number of halogens is 1. The van der Waals surface area contributed by atoms with Gasteiger partial charge in [0.1, 0.15) is 41.1 Å². The molecule has 47 heavy (non-hydrogen) atoms. The maximum atomic E-state index is 16.4. The summed E-state index contributed by atoms with van der Waals surface area (Å²) >= 11 is 9.15. The number of nitrogens with zero attached hydrogens (tertiary/aromatic N) is 7. The molecule has 0 radical (unpaired) electrons. The van der Waals surface area contributed by atoms with Crippen LogP contribution in [0.2, 0.25) is 0 Å². The fourth-order valence-electron chi connectivity index (χ4n) is 5.97. The first-order chi connectivity index (χ1) is 22.3. The van der Waals surface area contributed by atoms with Gasteiger partial charge >= 0.3 is 6.80 Å². The molecular formula is C22H27FN10O9P2S3. The van der Waals surface area contributed by atoms with Crippen LogP contribution in [-0.2, 0) is 32.2 Å². The number of thioether (sulfide) groups is 1. The van der Waals surface area contributed by atoms with Gasteiger partial charge < -0.3 is 30.6 Å². The van der Waals surface area contributed by atoms with Crippen molar-refractivity contribution >= 4 is 84.4 Å². The number of nitrogens with one attached hydrogen (secondary N) is 1. The van der Waals surface area contributed by atoms with Crippen LogP contribution in [0.25, 0.3) is 22.3 Å². The van der Waals surface area contributed by atoms with Crippen LogP contribution in [0.5, 0.6) is 0 Å². The van der Waals surface area contributed by atoms with Gasteiger partial charge in [0.25, 0.3) is 5.56 Å². The Morgan fingerprint density at radius 1 is 1.21 bits per heavy atom. The fraction of sp³-hybridized carbons (Fsp3) is 0.545. The van der Waals surface area contributed by atoms with Crippen molar-refractivity contribution in [1.29, 1.82) is 0 Å². The Morgan fingerprint density at radius 3 is 2.74 bits per heavy atom. The van der Waals surface area contributed by atoms with Crippen molar-refractivity contribution < 1.29 is 41.7 Å². The van der Waals surface area contributed by atoms with Crippen LogP contribution in [-0.4, -0.2) is 99.3 Å². The van der Waals surface area contributed by atoms with Crippen LogP contribution in [0.3, 0.4) is 0 Å². The molecule has 3 saturated heterocycles. The zero-order valence-electron chi connectivity index (χ0n) is 23.8. The van der Waals surface area contributed by atoms with Crippen molar-refractivity contribution in [2.24, 2.45) is 0 Å². The Hall–Kier alpha value is -2.30. The van der Waals surface area contributed by atoms with Crippen LogP contribution in [0.4, 0.5) is 16.2 Å². The lowest BCUT2D eigenvalue weighted by atomic mass is 9.97. The number of anilines is 2. The van der Waals surface area contributed by atoms with Crippen molar-refractivity contribution in [3.63, 3.8) is 0 Å². The Balaban J connectivity index is 1.16. The van der Waals surface area contributed by atoms with Crippen molar-refractivity contribution in [2.45, 2.75) is 47.6 Å². The molecular weight excluding hydrogens is 725 g/mol. The predicted octanol–water partition coefficient (Wildman–Crippen LogP) is 1.27. The van der Waals surface area contributed by atoms with Gasteiger partial charge in [0.05, 0.1) is 25.9 Å². The second-order valence-corrected chi connectivity index (χ2v) is 16.8. The summed E-state index contributed by atoms with van der Waals surface area (Å²) in [7, 11) is -2.85. The number of ether oxygens (including phenoxy) is 2. The molecule has 6 N–H and O–H groups in total. The van der Waals surface area contributed by atoms with Gasteiger partial charge in [0, 0.05) is 18.8 Å². The number of thiol groups is 2. The third kappa shape index (κ3) is 5.78. The second kappa shape index (κ2) is 12.2. The van der Waals surface area contributed by atoms with Gasteiger partial charge in [-0.05, 0) is 0 Å². The standard InChI is InChI=1S/C22H27FN10O9P2S3/c23-21(1-2-34)5-47-19(33-8-29-10-16(33)30-20(25)31-17(10)35)13(21)42-44(37,46)39-4-22-3-38-11(12(22)41-43(36)45)18(40-22)32-7-28-9-14(24)26-6-27-15(9)32/h6-8,11-13,18-19,34,43H,1-5H2,(H,36,45)(H,37,46)(H2,24,26,27)(H3,25,30,31,35)/t11-,12+,13+,18-,19-,21-,22-,44?/m1/s1. The number of alkyl halides is 1. The highest BCUT2D eigenvalue weighted by Crippen LogP contribution is 2.62. The molecule has 3 fully saturated rings. The normalized spacial score (nSPS) is 32.4. The highest BCUT2D eigenvalue weighted by atomic mass is 32.7. The molecule has 4 aromatic rings. The van der Waals surface area contributed by atoms with Gasteiger partial charge in [-0.3, -0.25) is 32.5 Å². The Bertz CT molecular complexity index is 1990. The number of hydrogen-bond donors (Lipinski definition) is 6. The molecule has 3 aliphatic rings. The smallest absolute Gasteiger partial charge is 0.386 e. The SMILES string of the molecule is Nc1nc2c(ncn2[C@@H]2SC[C@](F)(CCO)[C@H]2OP(=O)(S)OC[C@@]23CO[C@@H]([C@H](n4cnc5c(N)ncnc54)O2)[C@@H]3O[PH](=O)S)c(=O)[nH]1. The molecule has 7 rings (SSSR count). The van der Waals surface area contributed by atoms with E-state index in [4.69, 9.17) is 34.5 Å². The topological polar surface area (TPSA) is 260 Å². The number of aromatic amines is 1. The number of H-pyrrole nitrogens is 1. The molecule has 25 heteroatoms. The quantitative estimate of drug-likeness (QED) is 0.0931. The van der Waals surface area contributed by atoms with Crippen LogP contribution in [0, 0.1) is 0 Å². The molecule has 9 atom stereocenters. The summed E-state index contributed by atoms with van der Waals surface area (Å²) < 4.78 is 74.8. The van der Waals surface area contributed by atoms with Gasteiger partial charge in [-0.2, -0.15) is 4.98 Å². The van der Waals surface area contributed by atoms with E-state index >= 15 is 4.39 Å². The molecule has 0 spiro atoms. The van der Waals surface area contributed by atoms with E-state index in [2.05, 4.69) is 54.4 Å². The Morgan fingerprint density at radius 2 is 1.98 bits per heavy atom. The molecule has 0 aromatic carbocycles. The van der Waals surface area contributed by atoms with Crippen LogP contribution in [0.1, 0.15) is 18.0 Å². The zero-order valence-corrected chi connectivity index (χ0v) is 28.3. The van der Waals surface area contributed by atoms with E-state index in [0.29, 0.717) is 11.2 Å². The summed E-state index contributed by atoms with van der Waals surface area (Å²) in [4.78, 5) is 35.3. The van der Waals surface area contributed by atoms with Crippen LogP contribution in [0.15, 0.2) is 23.8 Å². The van der Waals surface area contributed by atoms with E-state index in [1.165, 1.54) is 28.1 Å². The summed E-state index contributed by atoms with van der Waals surface area (Å²) in [5, 5.41) is 8.68. The first kappa shape index (κ1) is 33.2. The number of aromatic nitrogens is 8. The molecule has 2 bridgehead atoms. The van der Waals surface area contributed by atoms with Crippen LogP contribution < -0.4 is 17.0 Å². The van der Waals surface area contributed by atoms with Gasteiger partial charge in [-0.1, -0.05) is 24.5 Å². The van der Waals surface area contributed by atoms with E-state index < -0.39 is 74.0 Å². The van der Waals surface area contributed by atoms with E-state index in [-0.39, 0.29) is 41.7 Å². The molecule has 19 nitrogen and oxygen atoms in total. The monoisotopic (exact) mass is 752 g/mol. The highest BCUT2D eigenvalue weighted by molar-refractivity contribution is 8.44. The first-order valence-corrected chi connectivity index (χ1v) is 20.1. The highest BCUT2D eigenvalue weighted by Gasteiger charge is 2.64. The lowest BCUT2D eigenvalue weighted by Crippen LogP contribution is -2.45. The predicted molar refractivity (Wildman–Crippen MR) is 172 cm³/mol. The van der Waals surface area contributed by atoms with Crippen molar-refractivity contribution in [3.05, 3.63) is 29.3 Å². The van der Waals surface area contributed by atoms with Gasteiger partial charge in [0.15, 0.2) is 34.5 Å². The van der Waals surface area contributed by atoms with Gasteiger partial charge in [0.2, 0.25) is 13.2 Å². The number of aliphatic hydroxyl groups excluding tert-OH is 1. The molecule has 0 saturated carbocycles. The van der Waals surface area contributed by atoms with Gasteiger partial charge in [-0.15, -0.1) is 11.8 Å². The van der Waals surface area contributed by atoms with E-state index in [1.54, 1.807) is 0 Å². The third-order valence-corrected chi connectivity index (χ3v) is 11.9. The number of rotatable bonds is 11. The molecule has 254 valence electrons. The van der Waals surface area contributed by atoms with Crippen molar-refractivity contribution in [2.75, 3.05) is 37.0 Å². The average Bonchev–Trinajstić information content (AvgIpc) is 3.81. The minimum absolute atomic E-state index is 0.0416. The Labute approximate surface area is 278 Å². The average molecular weight is 753 g/mol. The lowest BCUT2D eigenvalue weighted by molar-refractivity contribution is -0.182. The summed E-state index contributed by atoms with van der Waals surface area (Å²) in [6.07, 6.45) is -0.789. The summed E-state index contributed by atoms with van der Waals surface area (Å²) in [5.41, 5.74) is 7.96. The zero-order chi connectivity index (χ0) is 33.3. The number of hydrogen-bond acceptors (Lipinski definition) is 17. The molecule has 7 heterocycles. The van der Waals surface area contributed by atoms with E-state index in [9.17, 15) is 19.0 Å². The minimum atomic E-state index is -4.46. The maximum absolute atomic E-state index is 16.4. The minimum Gasteiger partial charge on any atom is -0.396 e. The van der Waals surface area contributed by atoms with E-state index in [1.807, 2.05) is 0 Å². The van der Waals surface area contributed by atoms with Crippen molar-refractivity contribution in [1.82, 2.24) is 39.0 Å². The number of nitrogens with two attached hydrogens (primary N) is 2. The van der Waals surface area contributed by atoms with Crippen LogP contribution >= 0.6 is 50.3 Å². The molecule has 3 aliphatic heterocycles. The lowest BCUT2D eigenvalue weighted by Gasteiger charge is -2.34. The molecule has 4 aromatic heterocycles. The first-order valence-electron chi connectivity index (χ1n) is 13.8. The Kier molecular flexibility index (Phi) is 8.64. The molecule has 2 unspecified atom stereocenters. The number of nitrogen functional groups attached to an aromatic ring is 2. The number of imidazole rings is 2. The maximum Gasteiger partial charge on any atom is 0.386 e. The third-order valence-electron chi connectivity index (χ3n) is 8.10. The summed E-state index contributed by atoms with van der Waals surface area (Å²) in [6, 6.07) is 0. The largest absolute Gasteiger partial charge is 0.396 e. The van der Waals surface area contributed by atoms with Gasteiger partial charge in [-0.25, -0.2) is 28.9 Å². The van der Waals surface area contributed by atoms with Crippen molar-refractivity contribution in [3.8, 4) is 0 Å². The molecule has 0 amide bonds. The fourth-order valence-corrected chi connectivity index (χ4v) is 10.0. The second-order valence-electron chi connectivity index (χ2n) is 11.0. The van der Waals surface area contributed by atoms with E-state index in [0.717, 1.165) is 11.8 Å². The number of aliphatic hydroxyl groups is 1. The summed E-state index contributed by atoms with van der Waals surface area (Å²) in [5.74, 6) is -0.236. The number of fused-ring (bicyclic) bond motifs is 4. The summed E-state index contributed by atoms with van der Waals surface area (Å²) in [6.45, 7) is -5.67.